The van der Waals surface area contributed by atoms with Gasteiger partial charge in [-0.15, -0.1) is 0 Å². The Bertz CT molecular complexity index is 1190. The van der Waals surface area contributed by atoms with E-state index in [0.717, 1.165) is 34.0 Å². The van der Waals surface area contributed by atoms with E-state index >= 15 is 0 Å². The number of hydrogen-bond acceptors (Lipinski definition) is 1. The molecule has 146 valence electrons. The maximum Gasteiger partial charge on any atom is 0.134 e. The lowest BCUT2D eigenvalue weighted by Gasteiger charge is -2.17. The van der Waals surface area contributed by atoms with Gasteiger partial charge in [-0.25, -0.2) is 4.98 Å². The molecule has 1 heterocycles. The number of fused-ring (bicyclic) bond motifs is 1. The summed E-state index contributed by atoms with van der Waals surface area (Å²) in [7, 11) is 0. The van der Waals surface area contributed by atoms with Crippen molar-refractivity contribution >= 4 is 34.8 Å². The number of aromatic nitrogens is 2. The normalized spacial score (nSPS) is 11.6. The lowest BCUT2D eigenvalue weighted by molar-refractivity contribution is 0.799. The molecule has 0 saturated carbocycles. The standard InChI is InChI=1S/C26H25ClN2/c1-17-15-18(2)20(4)23(19(17)3)16-29-25-8-6-5-7-24(25)28-26(29)14-11-21-9-12-22(27)13-10-21/h5-15H,16H2,1-4H3/b14-11+. The van der Waals surface area contributed by atoms with E-state index in [1.807, 2.05) is 30.3 Å². The Hall–Kier alpha value is -2.84. The van der Waals surface area contributed by atoms with Gasteiger partial charge in [0.25, 0.3) is 0 Å². The molecule has 29 heavy (non-hydrogen) atoms. The van der Waals surface area contributed by atoms with Crippen molar-refractivity contribution in [1.82, 2.24) is 9.55 Å². The second kappa shape index (κ2) is 7.88. The van der Waals surface area contributed by atoms with Crippen LogP contribution in [-0.4, -0.2) is 9.55 Å². The van der Waals surface area contributed by atoms with Crippen LogP contribution >= 0.6 is 11.6 Å². The summed E-state index contributed by atoms with van der Waals surface area (Å²) in [5, 5.41) is 0.746. The molecule has 0 aliphatic heterocycles. The van der Waals surface area contributed by atoms with E-state index in [1.54, 1.807) is 0 Å². The maximum absolute atomic E-state index is 6.01. The van der Waals surface area contributed by atoms with Crippen molar-refractivity contribution in [3.8, 4) is 0 Å². The Morgan fingerprint density at radius 3 is 2.21 bits per heavy atom. The first-order valence-electron chi connectivity index (χ1n) is 9.89. The number of imidazole rings is 1. The van der Waals surface area contributed by atoms with E-state index in [0.29, 0.717) is 0 Å². The lowest BCUT2D eigenvalue weighted by Crippen LogP contribution is -2.07. The van der Waals surface area contributed by atoms with Crippen LogP contribution < -0.4 is 0 Å². The summed E-state index contributed by atoms with van der Waals surface area (Å²) < 4.78 is 2.32. The van der Waals surface area contributed by atoms with Crippen molar-refractivity contribution in [1.29, 1.82) is 0 Å². The topological polar surface area (TPSA) is 17.8 Å². The SMILES string of the molecule is Cc1cc(C)c(C)c(Cn2c(/C=C/c3ccc(Cl)cc3)nc3ccccc32)c1C. The number of para-hydroxylation sites is 2. The molecule has 4 aromatic rings. The molecule has 2 nitrogen and oxygen atoms in total. The van der Waals surface area contributed by atoms with Gasteiger partial charge in [0.15, 0.2) is 0 Å². The van der Waals surface area contributed by atoms with Crippen LogP contribution in [0.4, 0.5) is 0 Å². The minimum Gasteiger partial charge on any atom is -0.320 e. The number of rotatable bonds is 4. The van der Waals surface area contributed by atoms with E-state index in [-0.39, 0.29) is 0 Å². The highest BCUT2D eigenvalue weighted by Crippen LogP contribution is 2.26. The molecule has 0 aliphatic carbocycles. The third-order valence-electron chi connectivity index (χ3n) is 5.82. The predicted octanol–water partition coefficient (Wildman–Crippen LogP) is 7.14. The minimum absolute atomic E-state index is 0.746. The molecule has 0 bridgehead atoms. The van der Waals surface area contributed by atoms with Gasteiger partial charge < -0.3 is 4.57 Å². The molecular formula is C26H25ClN2. The fourth-order valence-corrected chi connectivity index (χ4v) is 3.95. The second-order valence-electron chi connectivity index (χ2n) is 7.67. The first-order chi connectivity index (χ1) is 13.9. The summed E-state index contributed by atoms with van der Waals surface area (Å²) in [5.74, 6) is 0.958. The van der Waals surface area contributed by atoms with Gasteiger partial charge in [0, 0.05) is 5.02 Å². The monoisotopic (exact) mass is 400 g/mol. The van der Waals surface area contributed by atoms with Crippen molar-refractivity contribution in [3.63, 3.8) is 0 Å². The van der Waals surface area contributed by atoms with Crippen molar-refractivity contribution < 1.29 is 0 Å². The van der Waals surface area contributed by atoms with Gasteiger partial charge in [-0.3, -0.25) is 0 Å². The minimum atomic E-state index is 0.746. The summed E-state index contributed by atoms with van der Waals surface area (Å²) in [5.41, 5.74) is 10.1. The number of benzene rings is 3. The van der Waals surface area contributed by atoms with Gasteiger partial charge in [0.2, 0.25) is 0 Å². The highest BCUT2D eigenvalue weighted by atomic mass is 35.5. The molecule has 0 saturated heterocycles. The van der Waals surface area contributed by atoms with Gasteiger partial charge in [0.1, 0.15) is 5.82 Å². The quantitative estimate of drug-likeness (QED) is 0.356. The van der Waals surface area contributed by atoms with Crippen molar-refractivity contribution in [2.24, 2.45) is 0 Å². The third-order valence-corrected chi connectivity index (χ3v) is 6.07. The van der Waals surface area contributed by atoms with E-state index in [9.17, 15) is 0 Å². The zero-order valence-corrected chi connectivity index (χ0v) is 18.1. The molecule has 0 atom stereocenters. The van der Waals surface area contributed by atoms with Crippen LogP contribution in [0.5, 0.6) is 0 Å². The molecule has 3 aromatic carbocycles. The molecule has 1 aromatic heterocycles. The van der Waals surface area contributed by atoms with Crippen LogP contribution in [0.3, 0.4) is 0 Å². The van der Waals surface area contributed by atoms with Crippen LogP contribution in [-0.2, 0) is 6.54 Å². The van der Waals surface area contributed by atoms with E-state index in [4.69, 9.17) is 16.6 Å². The first-order valence-corrected chi connectivity index (χ1v) is 10.3. The van der Waals surface area contributed by atoms with Gasteiger partial charge in [-0.05, 0) is 91.4 Å². The molecule has 3 heteroatoms. The van der Waals surface area contributed by atoms with E-state index in [1.165, 1.54) is 27.8 Å². The number of halogens is 1. The Labute approximate surface area is 177 Å². The molecule has 0 amide bonds. The molecule has 0 radical (unpaired) electrons. The summed E-state index contributed by atoms with van der Waals surface area (Å²) in [6, 6.07) is 18.5. The Morgan fingerprint density at radius 2 is 1.52 bits per heavy atom. The van der Waals surface area contributed by atoms with Gasteiger partial charge in [-0.2, -0.15) is 0 Å². The fraction of sp³-hybridized carbons (Fsp3) is 0.192. The average Bonchev–Trinajstić information content (AvgIpc) is 3.06. The van der Waals surface area contributed by atoms with Crippen LogP contribution in [0.25, 0.3) is 23.2 Å². The fourth-order valence-electron chi connectivity index (χ4n) is 3.83. The Morgan fingerprint density at radius 1 is 0.862 bits per heavy atom. The zero-order chi connectivity index (χ0) is 20.5. The first kappa shape index (κ1) is 19.5. The summed E-state index contributed by atoms with van der Waals surface area (Å²) in [6.07, 6.45) is 4.19. The summed E-state index contributed by atoms with van der Waals surface area (Å²) in [4.78, 5) is 4.90. The lowest BCUT2D eigenvalue weighted by atomic mass is 9.94. The van der Waals surface area contributed by atoms with Crippen LogP contribution in [0.2, 0.25) is 5.02 Å². The van der Waals surface area contributed by atoms with Gasteiger partial charge in [0.05, 0.1) is 17.6 Å². The molecular weight excluding hydrogens is 376 g/mol. The smallest absolute Gasteiger partial charge is 0.134 e. The molecule has 0 unspecified atom stereocenters. The van der Waals surface area contributed by atoms with Crippen molar-refractivity contribution in [2.45, 2.75) is 34.2 Å². The highest BCUT2D eigenvalue weighted by molar-refractivity contribution is 6.30. The molecule has 0 fully saturated rings. The van der Waals surface area contributed by atoms with Crippen LogP contribution in [0.15, 0.2) is 54.6 Å². The number of aryl methyl sites for hydroxylation is 2. The highest BCUT2D eigenvalue weighted by Gasteiger charge is 2.14. The van der Waals surface area contributed by atoms with Gasteiger partial charge >= 0.3 is 0 Å². The Balaban J connectivity index is 1.82. The average molecular weight is 401 g/mol. The summed E-state index contributed by atoms with van der Waals surface area (Å²) >= 11 is 6.01. The molecule has 0 N–H and O–H groups in total. The van der Waals surface area contributed by atoms with Crippen LogP contribution in [0.1, 0.15) is 39.2 Å². The number of hydrogen-bond donors (Lipinski definition) is 0. The van der Waals surface area contributed by atoms with Crippen molar-refractivity contribution in [3.05, 3.63) is 98.8 Å². The van der Waals surface area contributed by atoms with Crippen LogP contribution in [0, 0.1) is 27.7 Å². The maximum atomic E-state index is 6.01. The van der Waals surface area contributed by atoms with Crippen molar-refractivity contribution in [2.75, 3.05) is 0 Å². The van der Waals surface area contributed by atoms with E-state index in [2.05, 4.69) is 68.7 Å². The molecule has 4 rings (SSSR count). The largest absolute Gasteiger partial charge is 0.320 e. The zero-order valence-electron chi connectivity index (χ0n) is 17.3. The summed E-state index contributed by atoms with van der Waals surface area (Å²) in [6.45, 7) is 9.64. The van der Waals surface area contributed by atoms with Gasteiger partial charge in [-0.1, -0.05) is 48.0 Å². The Kier molecular flexibility index (Phi) is 5.29. The third kappa shape index (κ3) is 3.86. The molecule has 0 aliphatic rings. The molecule has 0 spiro atoms. The number of nitrogens with zero attached hydrogens (tertiary/aromatic N) is 2. The van der Waals surface area contributed by atoms with E-state index < -0.39 is 0 Å². The predicted molar refractivity (Wildman–Crippen MR) is 125 cm³/mol. The second-order valence-corrected chi connectivity index (χ2v) is 8.11.